The molecule has 3 aromatic carbocycles. The largest absolute Gasteiger partial charge is 0.455 e. The third kappa shape index (κ3) is 6.55. The van der Waals surface area contributed by atoms with E-state index in [1.807, 2.05) is 60.7 Å². The van der Waals surface area contributed by atoms with Gasteiger partial charge in [-0.05, 0) is 35.4 Å². The van der Waals surface area contributed by atoms with Crippen molar-refractivity contribution >= 4 is 11.9 Å². The highest BCUT2D eigenvalue weighted by Gasteiger charge is 2.13. The van der Waals surface area contributed by atoms with E-state index in [4.69, 9.17) is 9.47 Å². The molecule has 0 aliphatic heterocycles. The van der Waals surface area contributed by atoms with E-state index in [1.54, 1.807) is 21.8 Å². The second-order valence-corrected chi connectivity index (χ2v) is 8.52. The number of hydrogen-bond donors (Lipinski definition) is 0. The summed E-state index contributed by atoms with van der Waals surface area (Å²) in [5.74, 6) is -1.06. The van der Waals surface area contributed by atoms with Crippen LogP contribution in [0.4, 0.5) is 0 Å². The molecule has 0 atom stereocenters. The number of hydrogen-bond acceptors (Lipinski definition) is 8. The molecule has 0 bridgehead atoms. The summed E-state index contributed by atoms with van der Waals surface area (Å²) in [6.07, 6.45) is 3.47. The SMILES string of the molecule is O=C(OCc1cn(Cc2ccccc2)nn1)c1ccc(C(=O)OCc2cn(Cc3ccccc3)nn2)cc1. The lowest BCUT2D eigenvalue weighted by molar-refractivity contribution is 0.0453. The quantitative estimate of drug-likeness (QED) is 0.263. The number of nitrogens with zero attached hydrogens (tertiary/aromatic N) is 6. The monoisotopic (exact) mass is 508 g/mol. The van der Waals surface area contributed by atoms with E-state index < -0.39 is 11.9 Å². The van der Waals surface area contributed by atoms with Gasteiger partial charge >= 0.3 is 11.9 Å². The zero-order valence-electron chi connectivity index (χ0n) is 20.4. The Labute approximate surface area is 218 Å². The van der Waals surface area contributed by atoms with Gasteiger partial charge in [0.1, 0.15) is 24.6 Å². The molecule has 5 aromatic rings. The lowest BCUT2D eigenvalue weighted by Gasteiger charge is -2.05. The van der Waals surface area contributed by atoms with Crippen molar-refractivity contribution in [2.24, 2.45) is 0 Å². The van der Waals surface area contributed by atoms with Crippen molar-refractivity contribution in [2.45, 2.75) is 26.3 Å². The summed E-state index contributed by atoms with van der Waals surface area (Å²) >= 11 is 0. The predicted octanol–water partition coefficient (Wildman–Crippen LogP) is 3.68. The highest BCUT2D eigenvalue weighted by atomic mass is 16.5. The predicted molar refractivity (Wildman–Crippen MR) is 136 cm³/mol. The summed E-state index contributed by atoms with van der Waals surface area (Å²) in [5.41, 5.74) is 3.87. The lowest BCUT2D eigenvalue weighted by atomic mass is 10.1. The van der Waals surface area contributed by atoms with Crippen molar-refractivity contribution in [3.63, 3.8) is 0 Å². The second kappa shape index (κ2) is 11.7. The van der Waals surface area contributed by atoms with Crippen LogP contribution in [0.15, 0.2) is 97.3 Å². The van der Waals surface area contributed by atoms with Gasteiger partial charge in [-0.1, -0.05) is 71.1 Å². The van der Waals surface area contributed by atoms with Gasteiger partial charge in [0.25, 0.3) is 0 Å². The molecule has 0 aliphatic rings. The number of carbonyl (C=O) groups is 2. The first-order valence-electron chi connectivity index (χ1n) is 11.9. The van der Waals surface area contributed by atoms with Crippen LogP contribution in [0.1, 0.15) is 43.2 Å². The van der Waals surface area contributed by atoms with Gasteiger partial charge in [-0.15, -0.1) is 10.2 Å². The van der Waals surface area contributed by atoms with Gasteiger partial charge < -0.3 is 9.47 Å². The van der Waals surface area contributed by atoms with E-state index in [9.17, 15) is 9.59 Å². The van der Waals surface area contributed by atoms with Crippen LogP contribution in [0, 0.1) is 0 Å². The fourth-order valence-corrected chi connectivity index (χ4v) is 3.69. The summed E-state index contributed by atoms with van der Waals surface area (Å²) in [6, 6.07) is 25.8. The van der Waals surface area contributed by atoms with Gasteiger partial charge in [-0.25, -0.2) is 19.0 Å². The van der Waals surface area contributed by atoms with Crippen LogP contribution >= 0.6 is 0 Å². The van der Waals surface area contributed by atoms with E-state index in [1.165, 1.54) is 24.3 Å². The molecule has 38 heavy (non-hydrogen) atoms. The van der Waals surface area contributed by atoms with Crippen LogP contribution in [0.25, 0.3) is 0 Å². The average molecular weight is 509 g/mol. The van der Waals surface area contributed by atoms with Crippen LogP contribution in [0.3, 0.4) is 0 Å². The average Bonchev–Trinajstić information content (AvgIpc) is 3.60. The van der Waals surface area contributed by atoms with Gasteiger partial charge in [0.15, 0.2) is 0 Å². The van der Waals surface area contributed by atoms with Gasteiger partial charge in [-0.3, -0.25) is 0 Å². The summed E-state index contributed by atoms with van der Waals surface area (Å²) < 4.78 is 14.0. The van der Waals surface area contributed by atoms with Gasteiger partial charge in [0, 0.05) is 0 Å². The number of ether oxygens (including phenoxy) is 2. The van der Waals surface area contributed by atoms with Crippen molar-refractivity contribution in [2.75, 3.05) is 0 Å². The van der Waals surface area contributed by atoms with Crippen molar-refractivity contribution < 1.29 is 19.1 Å². The molecule has 0 spiro atoms. The van der Waals surface area contributed by atoms with Gasteiger partial charge in [0.05, 0.1) is 36.6 Å². The first kappa shape index (κ1) is 24.6. The molecule has 0 unspecified atom stereocenters. The topological polar surface area (TPSA) is 114 Å². The second-order valence-electron chi connectivity index (χ2n) is 8.52. The molecule has 0 N–H and O–H groups in total. The molecule has 2 aromatic heterocycles. The standard InChI is InChI=1S/C28H24N6O4/c35-27(37-19-25-17-33(31-29-25)15-21-7-3-1-4-8-21)23-11-13-24(14-12-23)28(36)38-20-26-18-34(32-30-26)16-22-9-5-2-6-10-22/h1-14,17-18H,15-16,19-20H2. The third-order valence-electron chi connectivity index (χ3n) is 5.61. The summed E-state index contributed by atoms with van der Waals surface area (Å²) in [7, 11) is 0. The summed E-state index contributed by atoms with van der Waals surface area (Å²) in [6.45, 7) is 1.13. The highest BCUT2D eigenvalue weighted by Crippen LogP contribution is 2.11. The van der Waals surface area contributed by atoms with Crippen LogP contribution in [-0.4, -0.2) is 41.9 Å². The first-order chi connectivity index (χ1) is 18.6. The van der Waals surface area contributed by atoms with E-state index in [0.29, 0.717) is 35.6 Å². The maximum absolute atomic E-state index is 12.4. The Hall–Kier alpha value is -5.12. The van der Waals surface area contributed by atoms with E-state index in [2.05, 4.69) is 20.6 Å². The van der Waals surface area contributed by atoms with Crippen LogP contribution in [0.5, 0.6) is 0 Å². The molecule has 10 heteroatoms. The summed E-state index contributed by atoms with van der Waals surface area (Å²) in [5, 5.41) is 16.2. The third-order valence-corrected chi connectivity index (χ3v) is 5.61. The maximum Gasteiger partial charge on any atom is 0.338 e. The molecular formula is C28H24N6O4. The van der Waals surface area contributed by atoms with Gasteiger partial charge in [0.2, 0.25) is 0 Å². The molecule has 0 saturated carbocycles. The van der Waals surface area contributed by atoms with Crippen LogP contribution in [-0.2, 0) is 35.8 Å². The number of carbonyl (C=O) groups excluding carboxylic acids is 2. The molecule has 2 heterocycles. The van der Waals surface area contributed by atoms with Crippen molar-refractivity contribution in [3.05, 3.63) is 131 Å². The van der Waals surface area contributed by atoms with Crippen molar-refractivity contribution in [3.8, 4) is 0 Å². The van der Waals surface area contributed by atoms with Crippen molar-refractivity contribution in [1.82, 2.24) is 30.0 Å². The zero-order chi connectivity index (χ0) is 26.2. The first-order valence-corrected chi connectivity index (χ1v) is 11.9. The fourth-order valence-electron chi connectivity index (χ4n) is 3.69. The minimum Gasteiger partial charge on any atom is -0.455 e. The van der Waals surface area contributed by atoms with E-state index >= 15 is 0 Å². The number of esters is 2. The molecule has 0 radical (unpaired) electrons. The highest BCUT2D eigenvalue weighted by molar-refractivity contribution is 5.93. The van der Waals surface area contributed by atoms with E-state index in [-0.39, 0.29) is 13.2 Å². The van der Waals surface area contributed by atoms with Gasteiger partial charge in [-0.2, -0.15) is 0 Å². The Balaban J connectivity index is 1.08. The Bertz CT molecular complexity index is 1380. The Morgan fingerprint density at radius 3 is 1.37 bits per heavy atom. The minimum absolute atomic E-state index is 0.0115. The smallest absolute Gasteiger partial charge is 0.338 e. The Morgan fingerprint density at radius 1 is 0.579 bits per heavy atom. The molecule has 0 fully saturated rings. The molecule has 0 saturated heterocycles. The fraction of sp³-hybridized carbons (Fsp3) is 0.143. The van der Waals surface area contributed by atoms with Crippen LogP contribution in [0.2, 0.25) is 0 Å². The zero-order valence-corrected chi connectivity index (χ0v) is 20.4. The Morgan fingerprint density at radius 2 is 0.974 bits per heavy atom. The lowest BCUT2D eigenvalue weighted by Crippen LogP contribution is -2.08. The number of benzene rings is 3. The summed E-state index contributed by atoms with van der Waals surface area (Å²) in [4.78, 5) is 24.9. The number of aromatic nitrogens is 6. The molecule has 0 aliphatic carbocycles. The normalized spacial score (nSPS) is 10.7. The number of rotatable bonds is 10. The van der Waals surface area contributed by atoms with Crippen molar-refractivity contribution in [1.29, 1.82) is 0 Å². The maximum atomic E-state index is 12.4. The Kier molecular flexibility index (Phi) is 7.59. The molecule has 10 nitrogen and oxygen atoms in total. The molecule has 5 rings (SSSR count). The van der Waals surface area contributed by atoms with E-state index in [0.717, 1.165) is 11.1 Å². The molecular weight excluding hydrogens is 484 g/mol. The molecule has 190 valence electrons. The minimum atomic E-state index is -0.530. The van der Waals surface area contributed by atoms with Crippen LogP contribution < -0.4 is 0 Å². The molecule has 0 amide bonds.